The third-order valence-corrected chi connectivity index (χ3v) is 4.85. The average molecular weight is 435 g/mol. The van der Waals surface area contributed by atoms with Crippen molar-refractivity contribution >= 4 is 34.1 Å². The van der Waals surface area contributed by atoms with Gasteiger partial charge in [0.1, 0.15) is 23.6 Å². The van der Waals surface area contributed by atoms with Gasteiger partial charge in [-0.05, 0) is 24.6 Å². The second-order valence-corrected chi connectivity index (χ2v) is 7.01. The van der Waals surface area contributed by atoms with Crippen LogP contribution in [0.15, 0.2) is 43.0 Å². The Balaban J connectivity index is 1.60. The van der Waals surface area contributed by atoms with Crippen LogP contribution in [0.4, 0.5) is 21.7 Å². The third kappa shape index (κ3) is 4.34. The van der Waals surface area contributed by atoms with E-state index in [0.717, 1.165) is 12.8 Å². The first kappa shape index (κ1) is 21.2. The molecule has 0 bridgehead atoms. The van der Waals surface area contributed by atoms with Crippen LogP contribution in [0.2, 0.25) is 0 Å². The predicted molar refractivity (Wildman–Crippen MR) is 119 cm³/mol. The third-order valence-electron chi connectivity index (χ3n) is 4.85. The van der Waals surface area contributed by atoms with Crippen LogP contribution >= 0.6 is 0 Å². The monoisotopic (exact) mass is 435 g/mol. The number of fused-ring (bicyclic) bond motifs is 1. The smallest absolute Gasteiger partial charge is 0.226 e. The van der Waals surface area contributed by atoms with Crippen LogP contribution in [0.25, 0.3) is 11.0 Å². The minimum absolute atomic E-state index is 0.146. The van der Waals surface area contributed by atoms with Crippen LogP contribution in [-0.4, -0.2) is 44.4 Å². The van der Waals surface area contributed by atoms with E-state index in [9.17, 15) is 9.18 Å². The van der Waals surface area contributed by atoms with E-state index in [4.69, 9.17) is 4.74 Å². The van der Waals surface area contributed by atoms with Crippen molar-refractivity contribution in [3.8, 4) is 5.88 Å². The second-order valence-electron chi connectivity index (χ2n) is 7.01. The van der Waals surface area contributed by atoms with Crippen molar-refractivity contribution in [2.45, 2.75) is 19.8 Å². The molecule has 0 fully saturated rings. The maximum atomic E-state index is 14.8. The number of methoxy groups -OCH3 is 1. The Morgan fingerprint density at radius 1 is 1.16 bits per heavy atom. The molecule has 0 spiro atoms. The summed E-state index contributed by atoms with van der Waals surface area (Å²) in [5.41, 5.74) is 1.24. The standard InChI is InChI=1S/C22H22FN7O2/c1-3-4-9-24-21-18-15(11-26-22(18)28-12-27-21)19(31)14-6-7-16(30-20(14)23)29-13-5-8-17(32-2)25-10-13/h5-8,10-12H,3-4,9H2,1-2H3,(H,29,30)(H2,24,26,27,28). The number of rotatable bonds is 9. The van der Waals surface area contributed by atoms with Crippen LogP contribution in [0.3, 0.4) is 0 Å². The molecular formula is C22H22FN7O2. The largest absolute Gasteiger partial charge is 0.481 e. The zero-order valence-corrected chi connectivity index (χ0v) is 17.6. The topological polar surface area (TPSA) is 118 Å². The molecule has 0 saturated heterocycles. The highest BCUT2D eigenvalue weighted by atomic mass is 19.1. The summed E-state index contributed by atoms with van der Waals surface area (Å²) in [5.74, 6) is -0.149. The predicted octanol–water partition coefficient (Wildman–Crippen LogP) is 4.08. The lowest BCUT2D eigenvalue weighted by Crippen LogP contribution is -2.09. The van der Waals surface area contributed by atoms with E-state index >= 15 is 0 Å². The summed E-state index contributed by atoms with van der Waals surface area (Å²) in [6, 6.07) is 6.33. The lowest BCUT2D eigenvalue weighted by atomic mass is 10.0. The molecule has 0 saturated carbocycles. The number of anilines is 3. The number of aromatic amines is 1. The van der Waals surface area contributed by atoms with E-state index in [1.165, 1.54) is 38.0 Å². The summed E-state index contributed by atoms with van der Waals surface area (Å²) in [4.78, 5) is 32.5. The number of nitrogens with one attached hydrogen (secondary N) is 3. The SMILES string of the molecule is CCCCNc1ncnc2[nH]cc(C(=O)c3ccc(Nc4ccc(OC)nc4)nc3F)c12. The molecule has 4 heterocycles. The number of nitrogens with zero attached hydrogens (tertiary/aromatic N) is 4. The number of halogens is 1. The van der Waals surface area contributed by atoms with Gasteiger partial charge >= 0.3 is 0 Å². The summed E-state index contributed by atoms with van der Waals surface area (Å²) in [7, 11) is 1.52. The number of unbranched alkanes of at least 4 members (excludes halogenated alkanes) is 1. The molecule has 10 heteroatoms. The van der Waals surface area contributed by atoms with Crippen LogP contribution in [0.5, 0.6) is 5.88 Å². The number of aromatic nitrogens is 5. The molecule has 0 aliphatic carbocycles. The van der Waals surface area contributed by atoms with Gasteiger partial charge in [0.2, 0.25) is 11.8 Å². The summed E-state index contributed by atoms with van der Waals surface area (Å²) in [6.07, 6.45) is 6.44. The molecule has 0 unspecified atom stereocenters. The molecule has 32 heavy (non-hydrogen) atoms. The average Bonchev–Trinajstić information content (AvgIpc) is 3.25. The minimum atomic E-state index is -0.881. The summed E-state index contributed by atoms with van der Waals surface area (Å²) in [6.45, 7) is 2.79. The Morgan fingerprint density at radius 2 is 2.03 bits per heavy atom. The maximum absolute atomic E-state index is 14.8. The van der Waals surface area contributed by atoms with E-state index in [-0.39, 0.29) is 16.9 Å². The molecule has 164 valence electrons. The molecule has 0 aliphatic heterocycles. The van der Waals surface area contributed by atoms with E-state index < -0.39 is 11.7 Å². The molecular weight excluding hydrogens is 413 g/mol. The molecule has 0 aliphatic rings. The highest BCUT2D eigenvalue weighted by molar-refractivity contribution is 6.18. The Hall–Kier alpha value is -4.08. The number of H-pyrrole nitrogens is 1. The van der Waals surface area contributed by atoms with Crippen molar-refractivity contribution in [3.63, 3.8) is 0 Å². The fourth-order valence-electron chi connectivity index (χ4n) is 3.20. The molecule has 9 nitrogen and oxygen atoms in total. The van der Waals surface area contributed by atoms with Crippen molar-refractivity contribution in [3.05, 3.63) is 60.1 Å². The fourth-order valence-corrected chi connectivity index (χ4v) is 3.20. The molecule has 0 aromatic carbocycles. The van der Waals surface area contributed by atoms with Gasteiger partial charge in [0.25, 0.3) is 0 Å². The number of carbonyl (C=O) groups is 1. The van der Waals surface area contributed by atoms with Gasteiger partial charge in [0.05, 0.1) is 35.5 Å². The molecule has 3 N–H and O–H groups in total. The zero-order valence-electron chi connectivity index (χ0n) is 17.6. The highest BCUT2D eigenvalue weighted by Crippen LogP contribution is 2.27. The van der Waals surface area contributed by atoms with Gasteiger partial charge in [-0.1, -0.05) is 13.3 Å². The quantitative estimate of drug-likeness (QED) is 0.204. The van der Waals surface area contributed by atoms with Gasteiger partial charge in [-0.2, -0.15) is 4.39 Å². The van der Waals surface area contributed by atoms with Gasteiger partial charge in [0.15, 0.2) is 5.78 Å². The molecule has 4 rings (SSSR count). The fraction of sp³-hybridized carbons (Fsp3) is 0.227. The van der Waals surface area contributed by atoms with E-state index in [2.05, 4.69) is 42.5 Å². The normalized spacial score (nSPS) is 10.8. The summed E-state index contributed by atoms with van der Waals surface area (Å²) < 4.78 is 19.8. The molecule has 0 radical (unpaired) electrons. The van der Waals surface area contributed by atoms with E-state index in [1.54, 1.807) is 12.1 Å². The van der Waals surface area contributed by atoms with Crippen molar-refractivity contribution in [1.82, 2.24) is 24.9 Å². The molecule has 4 aromatic heterocycles. The maximum Gasteiger partial charge on any atom is 0.226 e. The van der Waals surface area contributed by atoms with Gasteiger partial charge in [-0.3, -0.25) is 4.79 Å². The first-order valence-corrected chi connectivity index (χ1v) is 10.1. The number of pyridine rings is 2. The Labute approximate surface area is 183 Å². The summed E-state index contributed by atoms with van der Waals surface area (Å²) >= 11 is 0. The van der Waals surface area contributed by atoms with Crippen LogP contribution in [-0.2, 0) is 0 Å². The summed E-state index contributed by atoms with van der Waals surface area (Å²) in [5, 5.41) is 6.70. The van der Waals surface area contributed by atoms with Crippen LogP contribution in [0.1, 0.15) is 35.7 Å². The number of hydrogen-bond donors (Lipinski definition) is 3. The number of carbonyl (C=O) groups excluding carboxylic acids is 1. The zero-order chi connectivity index (χ0) is 22.5. The lowest BCUT2D eigenvalue weighted by molar-refractivity contribution is 0.103. The van der Waals surface area contributed by atoms with Crippen LogP contribution < -0.4 is 15.4 Å². The number of ether oxygens (including phenoxy) is 1. The van der Waals surface area contributed by atoms with Gasteiger partial charge in [-0.25, -0.2) is 19.9 Å². The Bertz CT molecular complexity index is 1240. The van der Waals surface area contributed by atoms with E-state index in [1.807, 2.05) is 0 Å². The second kappa shape index (κ2) is 9.38. The van der Waals surface area contributed by atoms with Crippen molar-refractivity contribution in [1.29, 1.82) is 0 Å². The first-order chi connectivity index (χ1) is 15.6. The number of ketones is 1. The minimum Gasteiger partial charge on any atom is -0.481 e. The molecule has 4 aromatic rings. The molecule has 0 amide bonds. The Morgan fingerprint density at radius 3 is 2.75 bits per heavy atom. The van der Waals surface area contributed by atoms with Gasteiger partial charge in [-0.15, -0.1) is 0 Å². The Kier molecular flexibility index (Phi) is 6.20. The van der Waals surface area contributed by atoms with Crippen molar-refractivity contribution in [2.75, 3.05) is 24.3 Å². The van der Waals surface area contributed by atoms with Gasteiger partial charge < -0.3 is 20.4 Å². The molecule has 0 atom stereocenters. The van der Waals surface area contributed by atoms with Crippen molar-refractivity contribution < 1.29 is 13.9 Å². The lowest BCUT2D eigenvalue weighted by Gasteiger charge is -2.09. The van der Waals surface area contributed by atoms with Gasteiger partial charge in [0, 0.05) is 18.8 Å². The van der Waals surface area contributed by atoms with E-state index in [0.29, 0.717) is 35.0 Å². The first-order valence-electron chi connectivity index (χ1n) is 10.1. The number of hydrogen-bond acceptors (Lipinski definition) is 8. The van der Waals surface area contributed by atoms with Crippen LogP contribution in [0, 0.1) is 5.95 Å². The van der Waals surface area contributed by atoms with Crippen molar-refractivity contribution in [2.24, 2.45) is 0 Å². The highest BCUT2D eigenvalue weighted by Gasteiger charge is 2.22.